The number of benzene rings is 2. The molecule has 2 aromatic carbocycles. The highest BCUT2D eigenvalue weighted by Crippen LogP contribution is 2.26. The average Bonchev–Trinajstić information content (AvgIpc) is 2.49. The van der Waals surface area contributed by atoms with Crippen LogP contribution in [0.3, 0.4) is 0 Å². The number of aliphatic carboxylic acids is 1. The number of carboxylic acid groups (broad SMARTS) is 1. The Morgan fingerprint density at radius 3 is 2.41 bits per heavy atom. The molecule has 2 aromatic rings. The van der Waals surface area contributed by atoms with E-state index in [0.29, 0.717) is 21.5 Å². The Labute approximate surface area is 138 Å². The van der Waals surface area contributed by atoms with Gasteiger partial charge in [0.2, 0.25) is 0 Å². The highest BCUT2D eigenvalue weighted by molar-refractivity contribution is 6.32. The third kappa shape index (κ3) is 4.29. The zero-order valence-corrected chi connectivity index (χ0v) is 13.3. The van der Waals surface area contributed by atoms with Gasteiger partial charge in [-0.25, -0.2) is 4.79 Å². The van der Waals surface area contributed by atoms with Crippen molar-refractivity contribution in [3.63, 3.8) is 0 Å². The molecule has 0 aliphatic carbocycles. The summed E-state index contributed by atoms with van der Waals surface area (Å²) in [5.41, 5.74) is 0.743. The van der Waals surface area contributed by atoms with E-state index in [1.165, 1.54) is 7.11 Å². The summed E-state index contributed by atoms with van der Waals surface area (Å²) >= 11 is 11.8. The number of hydrogen-bond acceptors (Lipinski definition) is 3. The van der Waals surface area contributed by atoms with Crippen LogP contribution in [0.4, 0.5) is 0 Å². The van der Waals surface area contributed by atoms with Crippen molar-refractivity contribution in [2.75, 3.05) is 7.11 Å². The molecule has 4 nitrogen and oxygen atoms in total. The predicted octanol–water partition coefficient (Wildman–Crippen LogP) is 4.08. The number of methoxy groups -OCH3 is 1. The Balaban J connectivity index is 2.13. The predicted molar refractivity (Wildman–Crippen MR) is 85.2 cm³/mol. The van der Waals surface area contributed by atoms with Gasteiger partial charge in [0.25, 0.3) is 0 Å². The van der Waals surface area contributed by atoms with Crippen molar-refractivity contribution in [1.29, 1.82) is 0 Å². The maximum absolute atomic E-state index is 11.4. The molecule has 1 unspecified atom stereocenters. The average molecular weight is 341 g/mol. The van der Waals surface area contributed by atoms with Crippen LogP contribution in [0.25, 0.3) is 0 Å². The van der Waals surface area contributed by atoms with E-state index in [1.807, 2.05) is 0 Å². The van der Waals surface area contributed by atoms with Crippen LogP contribution in [0.15, 0.2) is 42.5 Å². The van der Waals surface area contributed by atoms with Crippen molar-refractivity contribution in [1.82, 2.24) is 0 Å². The van der Waals surface area contributed by atoms with Gasteiger partial charge in [-0.3, -0.25) is 0 Å². The molecule has 1 atom stereocenters. The fourth-order valence-electron chi connectivity index (χ4n) is 1.91. The van der Waals surface area contributed by atoms with Crippen molar-refractivity contribution in [2.24, 2.45) is 0 Å². The normalized spacial score (nSPS) is 11.8. The van der Waals surface area contributed by atoms with E-state index in [1.54, 1.807) is 42.5 Å². The Morgan fingerprint density at radius 1 is 1.18 bits per heavy atom. The van der Waals surface area contributed by atoms with Crippen LogP contribution in [0, 0.1) is 0 Å². The lowest BCUT2D eigenvalue weighted by atomic mass is 10.1. The molecular formula is C16H14Cl2O4. The molecule has 22 heavy (non-hydrogen) atoms. The molecule has 0 radical (unpaired) electrons. The highest BCUT2D eigenvalue weighted by atomic mass is 35.5. The van der Waals surface area contributed by atoms with Crippen molar-refractivity contribution in [3.05, 3.63) is 58.1 Å². The molecule has 0 spiro atoms. The molecule has 0 heterocycles. The van der Waals surface area contributed by atoms with Crippen LogP contribution in [0.5, 0.6) is 11.5 Å². The Bertz CT molecular complexity index is 656. The summed E-state index contributed by atoms with van der Waals surface area (Å²) < 4.78 is 10.6. The third-order valence-electron chi connectivity index (χ3n) is 3.00. The van der Waals surface area contributed by atoms with Gasteiger partial charge < -0.3 is 14.6 Å². The summed E-state index contributed by atoms with van der Waals surface area (Å²) in [6.45, 7) is 0. The molecule has 6 heteroatoms. The summed E-state index contributed by atoms with van der Waals surface area (Å²) in [4.78, 5) is 11.4. The minimum atomic E-state index is -1.05. The first-order valence-electron chi connectivity index (χ1n) is 6.47. The van der Waals surface area contributed by atoms with Gasteiger partial charge in [0.15, 0.2) is 6.10 Å². The lowest BCUT2D eigenvalue weighted by Gasteiger charge is -2.16. The van der Waals surface area contributed by atoms with Gasteiger partial charge in [-0.2, -0.15) is 0 Å². The third-order valence-corrected chi connectivity index (χ3v) is 3.55. The number of ether oxygens (including phenoxy) is 2. The molecule has 2 rings (SSSR count). The van der Waals surface area contributed by atoms with E-state index in [-0.39, 0.29) is 6.42 Å². The van der Waals surface area contributed by atoms with Crippen molar-refractivity contribution < 1.29 is 19.4 Å². The second-order valence-corrected chi connectivity index (χ2v) is 5.42. The van der Waals surface area contributed by atoms with E-state index in [2.05, 4.69) is 0 Å². The van der Waals surface area contributed by atoms with Crippen molar-refractivity contribution >= 4 is 29.2 Å². The first-order chi connectivity index (χ1) is 10.5. The molecule has 116 valence electrons. The number of rotatable bonds is 6. The monoisotopic (exact) mass is 340 g/mol. The first-order valence-corrected chi connectivity index (χ1v) is 7.22. The maximum Gasteiger partial charge on any atom is 0.345 e. The molecule has 0 amide bonds. The van der Waals surface area contributed by atoms with Gasteiger partial charge in [0, 0.05) is 11.4 Å². The summed E-state index contributed by atoms with van der Waals surface area (Å²) in [5.74, 6) is -0.0748. The zero-order chi connectivity index (χ0) is 16.1. The highest BCUT2D eigenvalue weighted by Gasteiger charge is 2.20. The Kier molecular flexibility index (Phi) is 5.52. The van der Waals surface area contributed by atoms with Gasteiger partial charge >= 0.3 is 5.97 Å². The van der Waals surface area contributed by atoms with Crippen molar-refractivity contribution in [2.45, 2.75) is 12.5 Å². The summed E-state index contributed by atoms with van der Waals surface area (Å²) in [6, 6.07) is 11.6. The summed E-state index contributed by atoms with van der Waals surface area (Å²) in [7, 11) is 1.52. The van der Waals surface area contributed by atoms with Gasteiger partial charge in [-0.05, 0) is 42.0 Å². The SMILES string of the molecule is COc1ccc(CC(Oc2ccc(Cl)cc2)C(=O)O)cc1Cl. The first kappa shape index (κ1) is 16.5. The fourth-order valence-corrected chi connectivity index (χ4v) is 2.31. The number of carboxylic acids is 1. The number of carbonyl (C=O) groups is 1. The largest absolute Gasteiger partial charge is 0.495 e. The topological polar surface area (TPSA) is 55.8 Å². The molecule has 0 aliphatic rings. The van der Waals surface area contributed by atoms with E-state index >= 15 is 0 Å². The lowest BCUT2D eigenvalue weighted by Crippen LogP contribution is -2.29. The maximum atomic E-state index is 11.4. The molecule has 0 fully saturated rings. The summed E-state index contributed by atoms with van der Waals surface area (Å²) in [6.07, 6.45) is -0.840. The Morgan fingerprint density at radius 2 is 1.86 bits per heavy atom. The van der Waals surface area contributed by atoms with Crippen LogP contribution < -0.4 is 9.47 Å². The van der Waals surface area contributed by atoms with E-state index in [0.717, 1.165) is 5.56 Å². The molecule has 0 bridgehead atoms. The quantitative estimate of drug-likeness (QED) is 0.860. The molecule has 1 N–H and O–H groups in total. The van der Waals surface area contributed by atoms with Crippen LogP contribution in [-0.2, 0) is 11.2 Å². The van der Waals surface area contributed by atoms with E-state index in [9.17, 15) is 9.90 Å². The van der Waals surface area contributed by atoms with Gasteiger partial charge in [-0.1, -0.05) is 29.3 Å². The van der Waals surface area contributed by atoms with Crippen LogP contribution >= 0.6 is 23.2 Å². The molecule has 0 aromatic heterocycles. The minimum Gasteiger partial charge on any atom is -0.495 e. The Hall–Kier alpha value is -1.91. The standard InChI is InChI=1S/C16H14Cl2O4/c1-21-14-7-2-10(8-13(14)18)9-15(16(19)20)22-12-5-3-11(17)4-6-12/h2-8,15H,9H2,1H3,(H,19,20). The van der Waals surface area contributed by atoms with E-state index in [4.69, 9.17) is 32.7 Å². The van der Waals surface area contributed by atoms with E-state index < -0.39 is 12.1 Å². The van der Waals surface area contributed by atoms with Crippen LogP contribution in [-0.4, -0.2) is 24.3 Å². The van der Waals surface area contributed by atoms with Gasteiger partial charge in [0.05, 0.1) is 12.1 Å². The van der Waals surface area contributed by atoms with Crippen LogP contribution in [0.1, 0.15) is 5.56 Å². The fraction of sp³-hybridized carbons (Fsp3) is 0.188. The lowest BCUT2D eigenvalue weighted by molar-refractivity contribution is -0.145. The number of hydrogen-bond donors (Lipinski definition) is 1. The smallest absolute Gasteiger partial charge is 0.345 e. The second kappa shape index (κ2) is 7.38. The zero-order valence-electron chi connectivity index (χ0n) is 11.8. The van der Waals surface area contributed by atoms with Crippen LogP contribution in [0.2, 0.25) is 10.0 Å². The molecule has 0 saturated carbocycles. The minimum absolute atomic E-state index is 0.182. The van der Waals surface area contributed by atoms with Crippen molar-refractivity contribution in [3.8, 4) is 11.5 Å². The summed E-state index contributed by atoms with van der Waals surface area (Å²) in [5, 5.41) is 10.3. The molecule has 0 aliphatic heterocycles. The molecule has 0 saturated heterocycles. The van der Waals surface area contributed by atoms with Gasteiger partial charge in [-0.15, -0.1) is 0 Å². The van der Waals surface area contributed by atoms with Gasteiger partial charge in [0.1, 0.15) is 11.5 Å². The molecular weight excluding hydrogens is 327 g/mol. The number of halogens is 2. The second-order valence-electron chi connectivity index (χ2n) is 4.57.